The molecule has 0 saturated carbocycles. The van der Waals surface area contributed by atoms with E-state index in [1.54, 1.807) is 0 Å². The van der Waals surface area contributed by atoms with E-state index in [1.165, 1.54) is 0 Å². The van der Waals surface area contributed by atoms with Crippen molar-refractivity contribution in [3.05, 3.63) is 45.8 Å². The van der Waals surface area contributed by atoms with Crippen LogP contribution in [0.2, 0.25) is 5.15 Å². The summed E-state index contributed by atoms with van der Waals surface area (Å²) in [4.78, 5) is 9.11. The van der Waals surface area contributed by atoms with E-state index in [0.717, 1.165) is 34.4 Å². The predicted molar refractivity (Wildman–Crippen MR) is 83.5 cm³/mol. The minimum atomic E-state index is 0.355. The molecule has 19 heavy (non-hydrogen) atoms. The minimum absolute atomic E-state index is 0.355. The molecule has 0 saturated heterocycles. The molecule has 0 aliphatic rings. The van der Waals surface area contributed by atoms with Crippen molar-refractivity contribution in [2.45, 2.75) is 32.6 Å². The molecule has 1 aromatic heterocycles. The Morgan fingerprint density at radius 1 is 1.11 bits per heavy atom. The van der Waals surface area contributed by atoms with Crippen molar-refractivity contribution in [1.29, 1.82) is 0 Å². The molecular weight excluding hydrogens is 324 g/mol. The summed E-state index contributed by atoms with van der Waals surface area (Å²) in [5, 5.41) is 0.482. The highest BCUT2D eigenvalue weighted by atomic mass is 79.9. The van der Waals surface area contributed by atoms with Crippen molar-refractivity contribution in [2.75, 3.05) is 0 Å². The maximum absolute atomic E-state index is 6.23. The number of rotatable bonds is 4. The van der Waals surface area contributed by atoms with Crippen LogP contribution in [-0.2, 0) is 0 Å². The SMILES string of the molecule is CCC(CC)c1nc(Cl)c(Br)c(-c2ccccc2)n1. The second-order valence-corrected chi connectivity index (χ2v) is 5.57. The fourth-order valence-corrected chi connectivity index (χ4v) is 2.64. The monoisotopic (exact) mass is 338 g/mol. The number of halogens is 2. The third kappa shape index (κ3) is 3.15. The molecule has 0 aliphatic heterocycles. The molecule has 2 aromatic rings. The molecule has 100 valence electrons. The van der Waals surface area contributed by atoms with Gasteiger partial charge in [0.2, 0.25) is 0 Å². The van der Waals surface area contributed by atoms with Crippen LogP contribution in [0.1, 0.15) is 38.4 Å². The Kier molecular flexibility index (Phi) is 4.94. The Labute approximate surface area is 127 Å². The van der Waals surface area contributed by atoms with Crippen LogP contribution < -0.4 is 0 Å². The Morgan fingerprint density at radius 2 is 1.74 bits per heavy atom. The fourth-order valence-electron chi connectivity index (χ4n) is 2.06. The first kappa shape index (κ1) is 14.5. The lowest BCUT2D eigenvalue weighted by atomic mass is 10.0. The lowest BCUT2D eigenvalue weighted by Gasteiger charge is -2.14. The molecule has 4 heteroatoms. The van der Waals surface area contributed by atoms with Crippen molar-refractivity contribution in [2.24, 2.45) is 0 Å². The maximum atomic E-state index is 6.23. The van der Waals surface area contributed by atoms with Gasteiger partial charge in [-0.3, -0.25) is 0 Å². The molecule has 2 nitrogen and oxygen atoms in total. The Bertz CT molecular complexity index is 554. The zero-order valence-corrected chi connectivity index (χ0v) is 13.4. The molecule has 0 bridgehead atoms. The Hall–Kier alpha value is -0.930. The highest BCUT2D eigenvalue weighted by molar-refractivity contribution is 9.10. The summed E-state index contributed by atoms with van der Waals surface area (Å²) in [5.74, 6) is 1.19. The molecule has 0 radical (unpaired) electrons. The summed E-state index contributed by atoms with van der Waals surface area (Å²) in [6, 6.07) is 10.0. The van der Waals surface area contributed by atoms with E-state index in [0.29, 0.717) is 11.1 Å². The number of aromatic nitrogens is 2. The van der Waals surface area contributed by atoms with Gasteiger partial charge in [0, 0.05) is 11.5 Å². The first-order valence-corrected chi connectivity index (χ1v) is 7.62. The molecule has 1 aromatic carbocycles. The second kappa shape index (κ2) is 6.49. The second-order valence-electron chi connectivity index (χ2n) is 4.41. The highest BCUT2D eigenvalue weighted by Crippen LogP contribution is 2.33. The van der Waals surface area contributed by atoms with Crippen LogP contribution in [0.25, 0.3) is 11.3 Å². The van der Waals surface area contributed by atoms with Crippen LogP contribution in [0.15, 0.2) is 34.8 Å². The van der Waals surface area contributed by atoms with Gasteiger partial charge in [0.25, 0.3) is 0 Å². The van der Waals surface area contributed by atoms with Crippen LogP contribution in [0.5, 0.6) is 0 Å². The lowest BCUT2D eigenvalue weighted by molar-refractivity contribution is 0.602. The molecule has 2 rings (SSSR count). The topological polar surface area (TPSA) is 25.8 Å². The molecule has 0 amide bonds. The van der Waals surface area contributed by atoms with E-state index >= 15 is 0 Å². The quantitative estimate of drug-likeness (QED) is 0.691. The largest absolute Gasteiger partial charge is 0.231 e. The van der Waals surface area contributed by atoms with Gasteiger partial charge in [-0.25, -0.2) is 9.97 Å². The summed E-state index contributed by atoms with van der Waals surface area (Å²) in [6.45, 7) is 4.30. The number of hydrogen-bond donors (Lipinski definition) is 0. The summed E-state index contributed by atoms with van der Waals surface area (Å²) >= 11 is 9.72. The van der Waals surface area contributed by atoms with E-state index in [-0.39, 0.29) is 0 Å². The molecule has 0 unspecified atom stereocenters. The lowest BCUT2D eigenvalue weighted by Crippen LogP contribution is -2.05. The smallest absolute Gasteiger partial charge is 0.147 e. The summed E-state index contributed by atoms with van der Waals surface area (Å²) in [7, 11) is 0. The maximum Gasteiger partial charge on any atom is 0.147 e. The van der Waals surface area contributed by atoms with Crippen molar-refractivity contribution in [3.8, 4) is 11.3 Å². The van der Waals surface area contributed by atoms with E-state index in [9.17, 15) is 0 Å². The molecule has 0 fully saturated rings. The molecule has 0 spiro atoms. The standard InChI is InChI=1S/C15H16BrClN2/c1-3-10(4-2)15-18-13(12(16)14(17)19-15)11-8-6-5-7-9-11/h5-10H,3-4H2,1-2H3. The fraction of sp³-hybridized carbons (Fsp3) is 0.333. The van der Waals surface area contributed by atoms with Gasteiger partial charge in [-0.15, -0.1) is 0 Å². The van der Waals surface area contributed by atoms with Crippen LogP contribution in [0.4, 0.5) is 0 Å². The molecule has 0 N–H and O–H groups in total. The normalized spacial score (nSPS) is 11.0. The van der Waals surface area contributed by atoms with E-state index < -0.39 is 0 Å². The van der Waals surface area contributed by atoms with Crippen LogP contribution in [0.3, 0.4) is 0 Å². The van der Waals surface area contributed by atoms with Crippen molar-refractivity contribution >= 4 is 27.5 Å². The van der Waals surface area contributed by atoms with Crippen LogP contribution in [0, 0.1) is 0 Å². The van der Waals surface area contributed by atoms with Gasteiger partial charge in [-0.1, -0.05) is 55.8 Å². The first-order valence-electron chi connectivity index (χ1n) is 6.45. The highest BCUT2D eigenvalue weighted by Gasteiger charge is 2.17. The van der Waals surface area contributed by atoms with Gasteiger partial charge in [0.15, 0.2) is 0 Å². The average Bonchev–Trinajstić information content (AvgIpc) is 2.44. The average molecular weight is 340 g/mol. The molecular formula is C15H16BrClN2. The Morgan fingerprint density at radius 3 is 2.32 bits per heavy atom. The first-order chi connectivity index (χ1) is 9.17. The zero-order chi connectivity index (χ0) is 13.8. The van der Waals surface area contributed by atoms with Crippen molar-refractivity contribution in [1.82, 2.24) is 9.97 Å². The third-order valence-corrected chi connectivity index (χ3v) is 4.48. The van der Waals surface area contributed by atoms with Crippen molar-refractivity contribution in [3.63, 3.8) is 0 Å². The molecule has 0 atom stereocenters. The van der Waals surface area contributed by atoms with Gasteiger partial charge in [0.05, 0.1) is 10.2 Å². The molecule has 0 aliphatic carbocycles. The van der Waals surface area contributed by atoms with Gasteiger partial charge < -0.3 is 0 Å². The van der Waals surface area contributed by atoms with E-state index in [1.807, 2.05) is 30.3 Å². The van der Waals surface area contributed by atoms with Crippen molar-refractivity contribution < 1.29 is 0 Å². The van der Waals surface area contributed by atoms with E-state index in [2.05, 4.69) is 34.8 Å². The van der Waals surface area contributed by atoms with E-state index in [4.69, 9.17) is 16.6 Å². The molecule has 1 heterocycles. The third-order valence-electron chi connectivity index (χ3n) is 3.23. The Balaban J connectivity index is 2.55. The summed E-state index contributed by atoms with van der Waals surface area (Å²) in [5.41, 5.74) is 1.91. The minimum Gasteiger partial charge on any atom is -0.231 e. The number of nitrogens with zero attached hydrogens (tertiary/aromatic N) is 2. The number of benzene rings is 1. The van der Waals surface area contributed by atoms with Gasteiger partial charge >= 0.3 is 0 Å². The summed E-state index contributed by atoms with van der Waals surface area (Å²) < 4.78 is 0.759. The van der Waals surface area contributed by atoms with Gasteiger partial charge in [0.1, 0.15) is 11.0 Å². The van der Waals surface area contributed by atoms with Gasteiger partial charge in [-0.2, -0.15) is 0 Å². The predicted octanol–water partition coefficient (Wildman–Crippen LogP) is 5.46. The van der Waals surface area contributed by atoms with Crippen LogP contribution in [-0.4, -0.2) is 9.97 Å². The van der Waals surface area contributed by atoms with Gasteiger partial charge in [-0.05, 0) is 28.8 Å². The number of hydrogen-bond acceptors (Lipinski definition) is 2. The van der Waals surface area contributed by atoms with Crippen LogP contribution >= 0.6 is 27.5 Å². The zero-order valence-electron chi connectivity index (χ0n) is 11.0. The summed E-state index contributed by atoms with van der Waals surface area (Å²) in [6.07, 6.45) is 2.03.